The summed E-state index contributed by atoms with van der Waals surface area (Å²) >= 11 is 1.95. The average Bonchev–Trinajstić information content (AvgIpc) is 1.00. The summed E-state index contributed by atoms with van der Waals surface area (Å²) in [5.41, 5.74) is 0. The van der Waals surface area contributed by atoms with Gasteiger partial charge in [0, 0.05) is 80.0 Å². The van der Waals surface area contributed by atoms with Crippen LogP contribution in [0, 0.1) is 0 Å². The molecule has 2 radical (unpaired) electrons. The van der Waals surface area contributed by atoms with Crippen molar-refractivity contribution < 1.29 is 99.6 Å². The molecule has 6 heavy (non-hydrogen) atoms. The van der Waals surface area contributed by atoms with Gasteiger partial charge in [-0.1, -0.05) is 0 Å². The van der Waals surface area contributed by atoms with E-state index < -0.39 is 0 Å². The quantitative estimate of drug-likeness (QED) is 0.495. The number of hydrogen-bond acceptors (Lipinski definition) is 0. The van der Waals surface area contributed by atoms with Crippen LogP contribution in [0.3, 0.4) is 0 Å². The van der Waals surface area contributed by atoms with Crippen molar-refractivity contribution in [2.75, 3.05) is 0 Å². The zero-order chi connectivity index (χ0) is 2.00. The second-order valence-corrected chi connectivity index (χ2v) is 0. The Morgan fingerprint density at radius 3 is 1.17 bits per heavy atom. The SMILES string of the molecule is [BH2][Mo].[Cr].[Nb].[Ti].[V]. The summed E-state index contributed by atoms with van der Waals surface area (Å²) in [5, 5.41) is 0. The van der Waals surface area contributed by atoms with Crippen LogP contribution in [-0.4, -0.2) is 6.11 Å². The molecule has 0 aliphatic rings. The van der Waals surface area contributed by atoms with Crippen LogP contribution in [0.15, 0.2) is 0 Å². The molecule has 0 nitrogen and oxygen atoms in total. The molecule has 0 bridgehead atoms. The van der Waals surface area contributed by atoms with Crippen molar-refractivity contribution in [2.45, 2.75) is 0 Å². The first-order chi connectivity index (χ1) is 1.00. The molecular formula is H2BCrMoNbTiV. The molecule has 31 valence electrons. The van der Waals surface area contributed by atoms with Crippen molar-refractivity contribution in [3.8, 4) is 0 Å². The molecule has 0 aromatic rings. The predicted molar refractivity (Wildman–Crippen MR) is 8.54 cm³/mol. The van der Waals surface area contributed by atoms with Crippen LogP contribution in [0.4, 0.5) is 0 Å². The van der Waals surface area contributed by atoms with Crippen LogP contribution in [0.25, 0.3) is 0 Å². The minimum absolute atomic E-state index is 0. The van der Waals surface area contributed by atoms with Crippen molar-refractivity contribution in [1.82, 2.24) is 0 Å². The molecule has 0 saturated heterocycles. The van der Waals surface area contributed by atoms with Crippen LogP contribution in [0.2, 0.25) is 0 Å². The van der Waals surface area contributed by atoms with E-state index in [1.807, 2.05) is 25.7 Å². The zero-order valence-corrected chi connectivity index (χ0v) is 11.6. The van der Waals surface area contributed by atoms with Crippen LogP contribution in [0.1, 0.15) is 0 Å². The number of hydrogen-bond donors (Lipinski definition) is 0. The van der Waals surface area contributed by atoms with Gasteiger partial charge in [0.2, 0.25) is 0 Å². The Morgan fingerprint density at radius 2 is 1.17 bits per heavy atom. The van der Waals surface area contributed by atoms with Crippen LogP contribution in [0.5, 0.6) is 0 Å². The molecule has 0 N–H and O–H groups in total. The third kappa shape index (κ3) is 26.5. The van der Waals surface area contributed by atoms with Gasteiger partial charge in [0.05, 0.1) is 0 Å². The van der Waals surface area contributed by atoms with Gasteiger partial charge < -0.3 is 0 Å². The molecule has 0 spiro atoms. The van der Waals surface area contributed by atoms with Gasteiger partial charge in [0.25, 0.3) is 0 Å². The summed E-state index contributed by atoms with van der Waals surface area (Å²) in [7, 11) is 0. The summed E-state index contributed by atoms with van der Waals surface area (Å²) in [6, 6.07) is 0. The van der Waals surface area contributed by atoms with Crippen LogP contribution in [-0.2, 0) is 99.6 Å². The summed E-state index contributed by atoms with van der Waals surface area (Å²) in [5.74, 6) is 0. The maximum Gasteiger partial charge on any atom is 0 e. The first-order valence-corrected chi connectivity index (χ1v) is 2.42. The van der Waals surface area contributed by atoms with Gasteiger partial charge >= 0.3 is 25.7 Å². The van der Waals surface area contributed by atoms with Gasteiger partial charge in [0.1, 0.15) is 0 Å². The molecule has 0 heterocycles. The molecule has 0 aromatic heterocycles. The molecule has 0 fully saturated rings. The first-order valence-electron chi connectivity index (χ1n) is 0.408. The fourth-order valence-corrected chi connectivity index (χ4v) is 0. The molecule has 0 unspecified atom stereocenters. The van der Waals surface area contributed by atoms with E-state index in [2.05, 4.69) is 0 Å². The van der Waals surface area contributed by atoms with Crippen LogP contribution >= 0.6 is 0 Å². The Balaban J connectivity index is -0.000000000833. The topological polar surface area (TPSA) is 0 Å². The Hall–Kier alpha value is 3.32. The van der Waals surface area contributed by atoms with Gasteiger partial charge in [-0.25, -0.2) is 0 Å². The average molecular weight is 352 g/mol. The maximum absolute atomic E-state index is 2.01. The summed E-state index contributed by atoms with van der Waals surface area (Å²) in [6.45, 7) is 0. The van der Waals surface area contributed by atoms with E-state index in [1.54, 1.807) is 0 Å². The third-order valence-corrected chi connectivity index (χ3v) is 0. The molecule has 0 amide bonds. The summed E-state index contributed by atoms with van der Waals surface area (Å²) in [4.78, 5) is 0. The second kappa shape index (κ2) is 40.4. The smallest absolute Gasteiger partial charge is 0 e. The largest absolute Gasteiger partial charge is 0 e. The van der Waals surface area contributed by atoms with Crippen molar-refractivity contribution in [2.24, 2.45) is 0 Å². The van der Waals surface area contributed by atoms with Gasteiger partial charge in [-0.3, -0.25) is 0 Å². The fraction of sp³-hybridized carbons (Fsp3) is 0. The molecule has 0 aromatic carbocycles. The normalized spacial score (nSPS) is 0.667. The van der Waals surface area contributed by atoms with Crippen molar-refractivity contribution >= 4 is 6.11 Å². The van der Waals surface area contributed by atoms with Gasteiger partial charge in [-0.05, 0) is 0 Å². The molecule has 0 aliphatic carbocycles. The minimum Gasteiger partial charge on any atom is 0 e. The standard InChI is InChI=1S/BH2.Cr.Mo.Nb.Ti.V/h1H2;;;;;/q+1;;-1;;;. The monoisotopic (exact) mass is 355 g/mol. The molecule has 0 aliphatic heterocycles. The Bertz CT molecular complexity index is 15.5. The van der Waals surface area contributed by atoms with E-state index in [0.717, 1.165) is 0 Å². The second-order valence-electron chi connectivity index (χ2n) is 0. The number of rotatable bonds is 0. The molecule has 0 saturated carbocycles. The summed E-state index contributed by atoms with van der Waals surface area (Å²) in [6.07, 6.45) is 2.01. The Labute approximate surface area is 104 Å². The van der Waals surface area contributed by atoms with E-state index in [1.165, 1.54) is 0 Å². The van der Waals surface area contributed by atoms with E-state index >= 15 is 0 Å². The van der Waals surface area contributed by atoms with Crippen molar-refractivity contribution in [3.05, 3.63) is 0 Å². The molecule has 0 rings (SSSR count). The van der Waals surface area contributed by atoms with Crippen molar-refractivity contribution in [3.63, 3.8) is 0 Å². The van der Waals surface area contributed by atoms with Crippen molar-refractivity contribution in [1.29, 1.82) is 0 Å². The first kappa shape index (κ1) is 34.6. The zero-order valence-electron chi connectivity index (χ0n) is 3.21. The Kier molecular flexibility index (Phi) is 233. The van der Waals surface area contributed by atoms with Gasteiger partial charge in [-0.15, -0.1) is 0 Å². The van der Waals surface area contributed by atoms with E-state index in [-0.39, 0.29) is 80.0 Å². The molecule has 6 heteroatoms. The van der Waals surface area contributed by atoms with Gasteiger partial charge in [0.15, 0.2) is 0 Å². The van der Waals surface area contributed by atoms with Gasteiger partial charge in [-0.2, -0.15) is 0 Å². The third-order valence-electron chi connectivity index (χ3n) is 0. The fourth-order valence-electron chi connectivity index (χ4n) is 0. The minimum atomic E-state index is 0. The Morgan fingerprint density at radius 1 is 1.17 bits per heavy atom. The molecular weight excluding hydrogens is 350 g/mol. The maximum atomic E-state index is 2.01. The van der Waals surface area contributed by atoms with E-state index in [9.17, 15) is 0 Å². The van der Waals surface area contributed by atoms with E-state index in [0.29, 0.717) is 0 Å². The predicted octanol–water partition coefficient (Wildman–Crippen LogP) is -0.929. The van der Waals surface area contributed by atoms with Crippen LogP contribution < -0.4 is 0 Å². The summed E-state index contributed by atoms with van der Waals surface area (Å²) < 4.78 is 0. The molecule has 0 atom stereocenters. The van der Waals surface area contributed by atoms with E-state index in [4.69, 9.17) is 0 Å².